The first kappa shape index (κ1) is 12.8. The largest absolute Gasteiger partial charge is 0.481 e. The van der Waals surface area contributed by atoms with Crippen molar-refractivity contribution in [3.63, 3.8) is 0 Å². The van der Waals surface area contributed by atoms with E-state index in [-0.39, 0.29) is 0 Å². The Hall–Kier alpha value is -2.17. The van der Waals surface area contributed by atoms with Crippen LogP contribution in [0.15, 0.2) is 18.3 Å². The molecule has 2 heterocycles. The van der Waals surface area contributed by atoms with E-state index in [1.165, 1.54) is 24.1 Å². The average molecular weight is 270 g/mol. The van der Waals surface area contributed by atoms with Crippen LogP contribution < -0.4 is 10.1 Å². The Morgan fingerprint density at radius 3 is 2.70 bits per heavy atom. The van der Waals surface area contributed by atoms with Gasteiger partial charge in [0.1, 0.15) is 5.82 Å². The lowest BCUT2D eigenvalue weighted by molar-refractivity contribution is 0.398. The fourth-order valence-electron chi connectivity index (χ4n) is 2.56. The zero-order valence-electron chi connectivity index (χ0n) is 11.8. The van der Waals surface area contributed by atoms with Crippen molar-refractivity contribution < 1.29 is 4.74 Å². The molecule has 0 spiro atoms. The molecule has 1 N–H and O–H groups in total. The number of nitrogens with zero attached hydrogens (tertiary/aromatic N) is 3. The van der Waals surface area contributed by atoms with Gasteiger partial charge in [-0.15, -0.1) is 0 Å². The van der Waals surface area contributed by atoms with Gasteiger partial charge < -0.3 is 10.1 Å². The summed E-state index contributed by atoms with van der Waals surface area (Å²) in [5.74, 6) is 2.27. The average Bonchev–Trinajstić information content (AvgIpc) is 2.54. The summed E-state index contributed by atoms with van der Waals surface area (Å²) >= 11 is 0. The molecule has 1 aliphatic rings. The molecule has 104 valence electrons. The lowest BCUT2D eigenvalue weighted by Crippen LogP contribution is -2.12. The summed E-state index contributed by atoms with van der Waals surface area (Å²) in [6, 6.07) is 3.77. The van der Waals surface area contributed by atoms with Crippen LogP contribution in [0.3, 0.4) is 0 Å². The summed E-state index contributed by atoms with van der Waals surface area (Å²) < 4.78 is 5.08. The summed E-state index contributed by atoms with van der Waals surface area (Å²) in [4.78, 5) is 13.6. The highest BCUT2D eigenvalue weighted by Crippen LogP contribution is 2.28. The van der Waals surface area contributed by atoms with Gasteiger partial charge in [0, 0.05) is 36.1 Å². The number of methoxy groups -OCH3 is 1. The SMILES string of the molecule is CNc1nc(-c2ccc(OC)nc2)nc2c1CCCC2. The van der Waals surface area contributed by atoms with Gasteiger partial charge in [0.15, 0.2) is 5.82 Å². The number of pyridine rings is 1. The number of anilines is 1. The lowest BCUT2D eigenvalue weighted by Gasteiger charge is -2.18. The van der Waals surface area contributed by atoms with E-state index >= 15 is 0 Å². The Labute approximate surface area is 118 Å². The lowest BCUT2D eigenvalue weighted by atomic mass is 9.96. The van der Waals surface area contributed by atoms with E-state index in [9.17, 15) is 0 Å². The summed E-state index contributed by atoms with van der Waals surface area (Å²) in [6.07, 6.45) is 6.26. The van der Waals surface area contributed by atoms with Gasteiger partial charge in [-0.05, 0) is 31.7 Å². The van der Waals surface area contributed by atoms with Crippen LogP contribution in [-0.2, 0) is 12.8 Å². The van der Waals surface area contributed by atoms with E-state index in [1.807, 2.05) is 19.2 Å². The van der Waals surface area contributed by atoms with Gasteiger partial charge in [0.2, 0.25) is 5.88 Å². The molecule has 0 saturated carbocycles. The molecule has 0 unspecified atom stereocenters. The van der Waals surface area contributed by atoms with Crippen molar-refractivity contribution in [1.29, 1.82) is 0 Å². The fourth-order valence-corrected chi connectivity index (χ4v) is 2.56. The van der Waals surface area contributed by atoms with Crippen molar-refractivity contribution in [2.24, 2.45) is 0 Å². The minimum absolute atomic E-state index is 0.598. The number of ether oxygens (including phenoxy) is 1. The summed E-state index contributed by atoms with van der Waals surface area (Å²) in [6.45, 7) is 0. The Morgan fingerprint density at radius 2 is 2.00 bits per heavy atom. The molecular weight excluding hydrogens is 252 g/mol. The number of aryl methyl sites for hydroxylation is 1. The van der Waals surface area contributed by atoms with Crippen LogP contribution in [-0.4, -0.2) is 29.1 Å². The Kier molecular flexibility index (Phi) is 3.50. The van der Waals surface area contributed by atoms with Crippen LogP contribution in [0, 0.1) is 0 Å². The number of nitrogens with one attached hydrogen (secondary N) is 1. The van der Waals surface area contributed by atoms with Crippen LogP contribution in [0.1, 0.15) is 24.1 Å². The van der Waals surface area contributed by atoms with E-state index in [2.05, 4.69) is 15.3 Å². The summed E-state index contributed by atoms with van der Waals surface area (Å²) in [5.41, 5.74) is 3.35. The van der Waals surface area contributed by atoms with Crippen molar-refractivity contribution in [2.75, 3.05) is 19.5 Å². The Morgan fingerprint density at radius 1 is 1.15 bits per heavy atom. The molecule has 0 fully saturated rings. The van der Waals surface area contributed by atoms with Crippen molar-refractivity contribution in [2.45, 2.75) is 25.7 Å². The molecular formula is C15H18N4O. The van der Waals surface area contributed by atoms with Crippen LogP contribution >= 0.6 is 0 Å². The standard InChI is InChI=1S/C15H18N4O/c1-16-15-11-5-3-4-6-12(11)18-14(19-15)10-7-8-13(20-2)17-9-10/h7-9H,3-6H2,1-2H3,(H,16,18,19). The van der Waals surface area contributed by atoms with Gasteiger partial charge >= 0.3 is 0 Å². The van der Waals surface area contributed by atoms with Crippen molar-refractivity contribution in [1.82, 2.24) is 15.0 Å². The highest BCUT2D eigenvalue weighted by molar-refractivity contribution is 5.59. The first-order valence-electron chi connectivity index (χ1n) is 6.90. The zero-order chi connectivity index (χ0) is 13.9. The maximum Gasteiger partial charge on any atom is 0.212 e. The maximum atomic E-state index is 5.08. The predicted octanol–water partition coefficient (Wildman–Crippen LogP) is 2.47. The van der Waals surface area contributed by atoms with Gasteiger partial charge in [0.25, 0.3) is 0 Å². The second-order valence-electron chi connectivity index (χ2n) is 4.87. The third kappa shape index (κ3) is 2.31. The third-order valence-electron chi connectivity index (χ3n) is 3.62. The Balaban J connectivity index is 2.04. The highest BCUT2D eigenvalue weighted by Gasteiger charge is 2.17. The minimum atomic E-state index is 0.598. The number of hydrogen-bond acceptors (Lipinski definition) is 5. The second kappa shape index (κ2) is 5.45. The van der Waals surface area contributed by atoms with Crippen molar-refractivity contribution in [3.05, 3.63) is 29.6 Å². The van der Waals surface area contributed by atoms with E-state index in [0.717, 1.165) is 30.0 Å². The second-order valence-corrected chi connectivity index (χ2v) is 4.87. The van der Waals surface area contributed by atoms with Gasteiger partial charge in [0.05, 0.1) is 7.11 Å². The Bertz CT molecular complexity index is 593. The molecule has 0 bridgehead atoms. The molecule has 2 aromatic rings. The molecule has 5 heteroatoms. The number of hydrogen-bond donors (Lipinski definition) is 1. The van der Waals surface area contributed by atoms with Crippen LogP contribution in [0.2, 0.25) is 0 Å². The minimum Gasteiger partial charge on any atom is -0.481 e. The molecule has 0 radical (unpaired) electrons. The molecule has 3 rings (SSSR count). The van der Waals surface area contributed by atoms with Crippen molar-refractivity contribution in [3.8, 4) is 17.3 Å². The molecule has 1 aliphatic carbocycles. The first-order valence-corrected chi connectivity index (χ1v) is 6.90. The van der Waals surface area contributed by atoms with Gasteiger partial charge in [-0.3, -0.25) is 0 Å². The van der Waals surface area contributed by atoms with E-state index < -0.39 is 0 Å². The molecule has 2 aromatic heterocycles. The molecule has 0 aromatic carbocycles. The molecule has 20 heavy (non-hydrogen) atoms. The molecule has 0 aliphatic heterocycles. The van der Waals surface area contributed by atoms with Gasteiger partial charge in [-0.25, -0.2) is 15.0 Å². The quantitative estimate of drug-likeness (QED) is 0.928. The van der Waals surface area contributed by atoms with Gasteiger partial charge in [-0.2, -0.15) is 0 Å². The fraction of sp³-hybridized carbons (Fsp3) is 0.400. The van der Waals surface area contributed by atoms with Crippen LogP contribution in [0.25, 0.3) is 11.4 Å². The number of aromatic nitrogens is 3. The topological polar surface area (TPSA) is 59.9 Å². The van der Waals surface area contributed by atoms with Crippen molar-refractivity contribution >= 4 is 5.82 Å². The smallest absolute Gasteiger partial charge is 0.212 e. The highest BCUT2D eigenvalue weighted by atomic mass is 16.5. The number of fused-ring (bicyclic) bond motifs is 1. The van der Waals surface area contributed by atoms with E-state index in [0.29, 0.717) is 5.88 Å². The first-order chi connectivity index (χ1) is 9.81. The molecule has 0 amide bonds. The van der Waals surface area contributed by atoms with Crippen LogP contribution in [0.5, 0.6) is 5.88 Å². The molecule has 0 saturated heterocycles. The summed E-state index contributed by atoms with van der Waals surface area (Å²) in [7, 11) is 3.52. The van der Waals surface area contributed by atoms with E-state index in [4.69, 9.17) is 9.72 Å². The summed E-state index contributed by atoms with van der Waals surface area (Å²) in [5, 5.41) is 3.19. The maximum absolute atomic E-state index is 5.08. The number of rotatable bonds is 3. The molecule has 5 nitrogen and oxygen atoms in total. The third-order valence-corrected chi connectivity index (χ3v) is 3.62. The van der Waals surface area contributed by atoms with E-state index in [1.54, 1.807) is 13.3 Å². The predicted molar refractivity (Wildman–Crippen MR) is 78.0 cm³/mol. The zero-order valence-corrected chi connectivity index (χ0v) is 11.8. The van der Waals surface area contributed by atoms with Gasteiger partial charge in [-0.1, -0.05) is 0 Å². The van der Waals surface area contributed by atoms with Crippen LogP contribution in [0.4, 0.5) is 5.82 Å². The normalized spacial score (nSPS) is 13.7. The monoisotopic (exact) mass is 270 g/mol. The molecule has 0 atom stereocenters.